The summed E-state index contributed by atoms with van der Waals surface area (Å²) < 4.78 is 1.34. The lowest BCUT2D eigenvalue weighted by Crippen LogP contribution is -2.41. The molecule has 1 aromatic rings. The molecule has 7 heteroatoms. The molecule has 7 nitrogen and oxygen atoms in total. The molecule has 0 aromatic carbocycles. The topological polar surface area (TPSA) is 92.9 Å². The fourth-order valence-corrected chi connectivity index (χ4v) is 1.21. The first-order chi connectivity index (χ1) is 6.74. The highest BCUT2D eigenvalue weighted by molar-refractivity contribution is 5.76. The van der Waals surface area contributed by atoms with E-state index in [4.69, 9.17) is 5.11 Å². The molecule has 0 aliphatic heterocycles. The van der Waals surface area contributed by atoms with Crippen LogP contribution in [0, 0.1) is 0 Å². The zero-order valence-electron chi connectivity index (χ0n) is 7.55. The van der Waals surface area contributed by atoms with Crippen molar-refractivity contribution in [2.45, 2.75) is 24.9 Å². The number of carbonyl (C=O) groups is 1. The molecule has 0 bridgehead atoms. The van der Waals surface area contributed by atoms with Crippen LogP contribution in [0.2, 0.25) is 0 Å². The van der Waals surface area contributed by atoms with E-state index in [2.05, 4.69) is 20.8 Å². The summed E-state index contributed by atoms with van der Waals surface area (Å²) in [6, 6.07) is 0. The van der Waals surface area contributed by atoms with Crippen LogP contribution in [0.4, 0.5) is 0 Å². The maximum absolute atomic E-state index is 11.4. The molecule has 1 aromatic heterocycles. The van der Waals surface area contributed by atoms with E-state index < -0.39 is 0 Å². The standard InChI is InChI=1S/C7H11N5O2/c13-4-7(1-2-7)9-6(14)3-12-5-8-10-11-12/h5,13H,1-4H2,(H,9,14). The second kappa shape index (κ2) is 3.33. The molecule has 14 heavy (non-hydrogen) atoms. The number of carbonyl (C=O) groups excluding carboxylic acids is 1. The minimum atomic E-state index is -0.370. The van der Waals surface area contributed by atoms with E-state index in [0.29, 0.717) is 0 Å². The molecule has 1 aliphatic carbocycles. The maximum atomic E-state index is 11.4. The van der Waals surface area contributed by atoms with Gasteiger partial charge in [-0.2, -0.15) is 0 Å². The number of aromatic nitrogens is 4. The number of nitrogens with zero attached hydrogens (tertiary/aromatic N) is 4. The van der Waals surface area contributed by atoms with E-state index >= 15 is 0 Å². The third-order valence-corrected chi connectivity index (χ3v) is 2.26. The predicted molar refractivity (Wildman–Crippen MR) is 45.0 cm³/mol. The Kier molecular flexibility index (Phi) is 2.16. The summed E-state index contributed by atoms with van der Waals surface area (Å²) in [6.45, 7) is 0.0864. The van der Waals surface area contributed by atoms with Crippen molar-refractivity contribution in [3.63, 3.8) is 0 Å². The summed E-state index contributed by atoms with van der Waals surface area (Å²) in [6.07, 6.45) is 3.05. The van der Waals surface area contributed by atoms with Crippen LogP contribution in [-0.2, 0) is 11.3 Å². The average molecular weight is 197 g/mol. The molecule has 1 heterocycles. The van der Waals surface area contributed by atoms with E-state index in [0.717, 1.165) is 12.8 Å². The lowest BCUT2D eigenvalue weighted by atomic mass is 10.3. The van der Waals surface area contributed by atoms with Crippen LogP contribution in [0.15, 0.2) is 6.33 Å². The first kappa shape index (κ1) is 9.07. The van der Waals surface area contributed by atoms with Crippen molar-refractivity contribution in [1.82, 2.24) is 25.5 Å². The molecule has 0 radical (unpaired) electrons. The van der Waals surface area contributed by atoms with Crippen LogP contribution in [0.5, 0.6) is 0 Å². The summed E-state index contributed by atoms with van der Waals surface area (Å²) in [5.41, 5.74) is -0.370. The van der Waals surface area contributed by atoms with E-state index in [1.54, 1.807) is 0 Å². The second-order valence-corrected chi connectivity index (χ2v) is 3.49. The fourth-order valence-electron chi connectivity index (χ4n) is 1.21. The Morgan fingerprint density at radius 1 is 1.64 bits per heavy atom. The number of aliphatic hydroxyl groups excluding tert-OH is 1. The number of rotatable bonds is 4. The smallest absolute Gasteiger partial charge is 0.242 e. The van der Waals surface area contributed by atoms with Gasteiger partial charge >= 0.3 is 0 Å². The van der Waals surface area contributed by atoms with Crippen LogP contribution in [0.25, 0.3) is 0 Å². The molecule has 0 saturated heterocycles. The molecule has 0 unspecified atom stereocenters. The van der Waals surface area contributed by atoms with E-state index in [9.17, 15) is 4.79 Å². The van der Waals surface area contributed by atoms with Crippen molar-refractivity contribution in [3.05, 3.63) is 6.33 Å². The van der Waals surface area contributed by atoms with Gasteiger partial charge in [0.05, 0.1) is 12.1 Å². The first-order valence-corrected chi connectivity index (χ1v) is 4.37. The number of tetrazole rings is 1. The van der Waals surface area contributed by atoms with Crippen LogP contribution < -0.4 is 5.32 Å². The van der Waals surface area contributed by atoms with Crippen molar-refractivity contribution < 1.29 is 9.90 Å². The van der Waals surface area contributed by atoms with Crippen LogP contribution in [0.3, 0.4) is 0 Å². The SMILES string of the molecule is O=C(Cn1cnnn1)NC1(CO)CC1. The Morgan fingerprint density at radius 3 is 2.93 bits per heavy atom. The summed E-state index contributed by atoms with van der Waals surface area (Å²) >= 11 is 0. The summed E-state index contributed by atoms with van der Waals surface area (Å²) in [5.74, 6) is -0.177. The Balaban J connectivity index is 1.85. The third kappa shape index (κ3) is 1.87. The van der Waals surface area contributed by atoms with Gasteiger partial charge in [0.1, 0.15) is 12.9 Å². The normalized spacial score (nSPS) is 17.8. The zero-order chi connectivity index (χ0) is 10.0. The minimum Gasteiger partial charge on any atom is -0.394 e. The predicted octanol–water partition coefficient (Wildman–Crippen LogP) is -1.69. The molecule has 2 rings (SSSR count). The average Bonchev–Trinajstić information content (AvgIpc) is 2.74. The van der Waals surface area contributed by atoms with Crippen molar-refractivity contribution in [3.8, 4) is 0 Å². The van der Waals surface area contributed by atoms with Gasteiger partial charge in [0.15, 0.2) is 0 Å². The van der Waals surface area contributed by atoms with Gasteiger partial charge in [-0.25, -0.2) is 4.68 Å². The fraction of sp³-hybridized carbons (Fsp3) is 0.714. The molecule has 0 atom stereocenters. The van der Waals surface area contributed by atoms with Gasteiger partial charge in [-0.05, 0) is 23.3 Å². The quantitative estimate of drug-likeness (QED) is 0.601. The monoisotopic (exact) mass is 197 g/mol. The molecule has 2 N–H and O–H groups in total. The summed E-state index contributed by atoms with van der Waals surface area (Å²) in [4.78, 5) is 11.4. The zero-order valence-corrected chi connectivity index (χ0v) is 7.55. The minimum absolute atomic E-state index is 0.00561. The number of aliphatic hydroxyl groups is 1. The van der Waals surface area contributed by atoms with Gasteiger partial charge in [-0.15, -0.1) is 5.10 Å². The molecule has 0 spiro atoms. The Hall–Kier alpha value is -1.50. The lowest BCUT2D eigenvalue weighted by Gasteiger charge is -2.13. The van der Waals surface area contributed by atoms with Gasteiger partial charge in [0.2, 0.25) is 5.91 Å². The van der Waals surface area contributed by atoms with Crippen molar-refractivity contribution in [1.29, 1.82) is 0 Å². The van der Waals surface area contributed by atoms with Gasteiger partial charge in [-0.3, -0.25) is 4.79 Å². The molecular formula is C7H11N5O2. The van der Waals surface area contributed by atoms with Crippen LogP contribution in [0.1, 0.15) is 12.8 Å². The number of hydrogen-bond acceptors (Lipinski definition) is 5. The largest absolute Gasteiger partial charge is 0.394 e. The summed E-state index contributed by atoms with van der Waals surface area (Å²) in [5, 5.41) is 22.1. The molecular weight excluding hydrogens is 186 g/mol. The van der Waals surface area contributed by atoms with Crippen molar-refractivity contribution in [2.75, 3.05) is 6.61 Å². The Bertz CT molecular complexity index is 319. The van der Waals surface area contributed by atoms with Crippen molar-refractivity contribution in [2.24, 2.45) is 0 Å². The molecule has 1 fully saturated rings. The number of hydrogen-bond donors (Lipinski definition) is 2. The highest BCUT2D eigenvalue weighted by Crippen LogP contribution is 2.34. The molecule has 1 amide bonds. The Labute approximate surface area is 80.1 Å². The van der Waals surface area contributed by atoms with Crippen molar-refractivity contribution >= 4 is 5.91 Å². The third-order valence-electron chi connectivity index (χ3n) is 2.26. The maximum Gasteiger partial charge on any atom is 0.242 e. The highest BCUT2D eigenvalue weighted by Gasteiger charge is 2.43. The molecule has 1 aliphatic rings. The number of nitrogens with one attached hydrogen (secondary N) is 1. The highest BCUT2D eigenvalue weighted by atomic mass is 16.3. The van der Waals surface area contributed by atoms with E-state index in [-0.39, 0.29) is 24.6 Å². The van der Waals surface area contributed by atoms with Gasteiger partial charge in [0, 0.05) is 0 Å². The van der Waals surface area contributed by atoms with E-state index in [1.165, 1.54) is 11.0 Å². The first-order valence-electron chi connectivity index (χ1n) is 4.37. The van der Waals surface area contributed by atoms with Crippen LogP contribution in [-0.4, -0.2) is 43.4 Å². The van der Waals surface area contributed by atoms with E-state index in [1.807, 2.05) is 0 Å². The Morgan fingerprint density at radius 2 is 2.43 bits per heavy atom. The summed E-state index contributed by atoms with van der Waals surface area (Å²) in [7, 11) is 0. The molecule has 1 saturated carbocycles. The van der Waals surface area contributed by atoms with Gasteiger partial charge in [0.25, 0.3) is 0 Å². The molecule has 76 valence electrons. The lowest BCUT2D eigenvalue weighted by molar-refractivity contribution is -0.123. The van der Waals surface area contributed by atoms with Gasteiger partial charge in [-0.1, -0.05) is 0 Å². The van der Waals surface area contributed by atoms with Gasteiger partial charge < -0.3 is 10.4 Å². The van der Waals surface area contributed by atoms with Crippen LogP contribution >= 0.6 is 0 Å². The second-order valence-electron chi connectivity index (χ2n) is 3.49. The number of amides is 1.